The number of rotatable bonds is 5. The lowest BCUT2D eigenvalue weighted by molar-refractivity contribution is -0.128. The Balaban J connectivity index is 2.52. The second-order valence-electron chi connectivity index (χ2n) is 5.68. The molecular weight excluding hydrogens is 268 g/mol. The Morgan fingerprint density at radius 3 is 2.29 bits per heavy atom. The van der Waals surface area contributed by atoms with Gasteiger partial charge in [-0.05, 0) is 38.5 Å². The van der Waals surface area contributed by atoms with Crippen LogP contribution in [0.5, 0.6) is 0 Å². The van der Waals surface area contributed by atoms with Gasteiger partial charge in [-0.2, -0.15) is 0 Å². The predicted octanol–water partition coefficient (Wildman–Crippen LogP) is 1.60. The molecule has 0 radical (unpaired) electrons. The van der Waals surface area contributed by atoms with Gasteiger partial charge in [0.25, 0.3) is 0 Å². The summed E-state index contributed by atoms with van der Waals surface area (Å²) < 4.78 is 0. The van der Waals surface area contributed by atoms with Crippen LogP contribution in [-0.2, 0) is 4.79 Å². The summed E-state index contributed by atoms with van der Waals surface area (Å²) in [7, 11) is 1.57. The second kappa shape index (κ2) is 7.08. The normalized spacial score (nSPS) is 12.4. The smallest absolute Gasteiger partial charge is 0.319 e. The van der Waals surface area contributed by atoms with Gasteiger partial charge in [0.2, 0.25) is 5.91 Å². The fraction of sp³-hybridized carbons (Fsp3) is 0.467. The minimum atomic E-state index is -0.662. The van der Waals surface area contributed by atoms with Crippen molar-refractivity contribution in [1.29, 1.82) is 0 Å². The zero-order valence-electron chi connectivity index (χ0n) is 13.0. The number of nitrogens with one attached hydrogen (secondary N) is 3. The Labute approximate surface area is 125 Å². The van der Waals surface area contributed by atoms with Crippen molar-refractivity contribution < 1.29 is 9.59 Å². The summed E-state index contributed by atoms with van der Waals surface area (Å²) >= 11 is 0. The van der Waals surface area contributed by atoms with Gasteiger partial charge in [0, 0.05) is 25.3 Å². The molecule has 1 atom stereocenters. The van der Waals surface area contributed by atoms with Gasteiger partial charge >= 0.3 is 6.03 Å². The summed E-state index contributed by atoms with van der Waals surface area (Å²) in [5.74, 6) is -0.121. The first-order chi connectivity index (χ1) is 9.76. The largest absolute Gasteiger partial charge is 0.359 e. The molecule has 6 nitrogen and oxygen atoms in total. The maximum Gasteiger partial charge on any atom is 0.319 e. The van der Waals surface area contributed by atoms with Crippen LogP contribution >= 0.6 is 0 Å². The third-order valence-corrected chi connectivity index (χ3v) is 3.23. The molecule has 1 aromatic rings. The van der Waals surface area contributed by atoms with Gasteiger partial charge < -0.3 is 21.7 Å². The molecule has 0 spiro atoms. The molecule has 0 bridgehead atoms. The highest BCUT2D eigenvalue weighted by Gasteiger charge is 2.26. The second-order valence-corrected chi connectivity index (χ2v) is 5.68. The number of urea groups is 1. The fourth-order valence-electron chi connectivity index (χ4n) is 1.77. The van der Waals surface area contributed by atoms with E-state index >= 15 is 0 Å². The van der Waals surface area contributed by atoms with Gasteiger partial charge in [0.05, 0.1) is 5.41 Å². The molecule has 0 aliphatic carbocycles. The first kappa shape index (κ1) is 17.0. The highest BCUT2D eigenvalue weighted by atomic mass is 16.2. The lowest BCUT2D eigenvalue weighted by Gasteiger charge is -2.22. The molecule has 0 aromatic heterocycles. The van der Waals surface area contributed by atoms with Gasteiger partial charge in [-0.3, -0.25) is 4.79 Å². The SMILES string of the molecule is CNC(=O)C(C)(C)CNC(=O)Nc1ccc(C(C)N)cc1. The Hall–Kier alpha value is -2.08. The van der Waals surface area contributed by atoms with Crippen molar-refractivity contribution in [2.75, 3.05) is 18.9 Å². The highest BCUT2D eigenvalue weighted by molar-refractivity contribution is 5.90. The van der Waals surface area contributed by atoms with Crippen molar-refractivity contribution in [1.82, 2.24) is 10.6 Å². The molecule has 0 saturated carbocycles. The van der Waals surface area contributed by atoms with E-state index in [0.29, 0.717) is 5.69 Å². The van der Waals surface area contributed by atoms with Crippen molar-refractivity contribution >= 4 is 17.6 Å². The van der Waals surface area contributed by atoms with Crippen LogP contribution in [0.15, 0.2) is 24.3 Å². The summed E-state index contributed by atoms with van der Waals surface area (Å²) in [5.41, 5.74) is 6.78. The minimum absolute atomic E-state index is 0.0405. The van der Waals surface area contributed by atoms with E-state index in [0.717, 1.165) is 5.56 Å². The van der Waals surface area contributed by atoms with Crippen molar-refractivity contribution in [2.24, 2.45) is 11.1 Å². The topological polar surface area (TPSA) is 96.2 Å². The number of hydrogen-bond donors (Lipinski definition) is 4. The lowest BCUT2D eigenvalue weighted by atomic mass is 9.92. The first-order valence-corrected chi connectivity index (χ1v) is 6.89. The number of amides is 3. The molecule has 1 unspecified atom stereocenters. The zero-order valence-corrected chi connectivity index (χ0v) is 13.0. The summed E-state index contributed by atoms with van der Waals surface area (Å²) in [6.07, 6.45) is 0. The number of nitrogens with two attached hydrogens (primary N) is 1. The van der Waals surface area contributed by atoms with E-state index < -0.39 is 5.41 Å². The van der Waals surface area contributed by atoms with Gasteiger partial charge in [-0.15, -0.1) is 0 Å². The molecule has 21 heavy (non-hydrogen) atoms. The number of benzene rings is 1. The van der Waals surface area contributed by atoms with Crippen LogP contribution in [0, 0.1) is 5.41 Å². The molecule has 0 saturated heterocycles. The van der Waals surface area contributed by atoms with E-state index in [1.807, 2.05) is 19.1 Å². The van der Waals surface area contributed by atoms with Crippen LogP contribution in [0.25, 0.3) is 0 Å². The number of anilines is 1. The van der Waals surface area contributed by atoms with E-state index in [2.05, 4.69) is 16.0 Å². The van der Waals surface area contributed by atoms with Gasteiger partial charge in [-0.25, -0.2) is 4.79 Å². The van der Waals surface area contributed by atoms with E-state index in [1.165, 1.54) is 0 Å². The van der Waals surface area contributed by atoms with E-state index in [-0.39, 0.29) is 24.5 Å². The highest BCUT2D eigenvalue weighted by Crippen LogP contribution is 2.15. The Morgan fingerprint density at radius 2 is 1.81 bits per heavy atom. The van der Waals surface area contributed by atoms with Gasteiger partial charge in [-0.1, -0.05) is 12.1 Å². The molecule has 3 amide bonds. The molecule has 1 aromatic carbocycles. The third kappa shape index (κ3) is 5.07. The summed E-state index contributed by atoms with van der Waals surface area (Å²) in [6.45, 7) is 5.68. The van der Waals surface area contributed by atoms with Crippen LogP contribution in [0.1, 0.15) is 32.4 Å². The predicted molar refractivity (Wildman–Crippen MR) is 83.9 cm³/mol. The molecule has 0 fully saturated rings. The van der Waals surface area contributed by atoms with Crippen molar-refractivity contribution in [3.8, 4) is 0 Å². The molecule has 5 N–H and O–H groups in total. The van der Waals surface area contributed by atoms with E-state index in [1.54, 1.807) is 33.0 Å². The zero-order chi connectivity index (χ0) is 16.0. The van der Waals surface area contributed by atoms with Crippen LogP contribution in [0.3, 0.4) is 0 Å². The van der Waals surface area contributed by atoms with Crippen molar-refractivity contribution in [3.63, 3.8) is 0 Å². The third-order valence-electron chi connectivity index (χ3n) is 3.23. The maximum absolute atomic E-state index is 11.8. The average Bonchev–Trinajstić information content (AvgIpc) is 2.45. The average molecular weight is 292 g/mol. The fourth-order valence-corrected chi connectivity index (χ4v) is 1.77. The van der Waals surface area contributed by atoms with E-state index in [9.17, 15) is 9.59 Å². The summed E-state index contributed by atoms with van der Waals surface area (Å²) in [6, 6.07) is 6.94. The standard InChI is InChI=1S/C15H24N4O2/c1-10(16)11-5-7-12(8-6-11)19-14(21)18-9-15(2,3)13(20)17-4/h5-8,10H,9,16H2,1-4H3,(H,17,20)(H2,18,19,21). The molecule has 0 aliphatic heterocycles. The maximum atomic E-state index is 11.8. The molecular formula is C15H24N4O2. The lowest BCUT2D eigenvalue weighted by Crippen LogP contribution is -2.44. The molecule has 6 heteroatoms. The summed E-state index contributed by atoms with van der Waals surface area (Å²) in [4.78, 5) is 23.4. The molecule has 116 valence electrons. The first-order valence-electron chi connectivity index (χ1n) is 6.89. The Bertz CT molecular complexity index is 495. The van der Waals surface area contributed by atoms with E-state index in [4.69, 9.17) is 5.73 Å². The van der Waals surface area contributed by atoms with Crippen LogP contribution < -0.4 is 21.7 Å². The van der Waals surface area contributed by atoms with Crippen LogP contribution in [0.2, 0.25) is 0 Å². The molecule has 1 rings (SSSR count). The van der Waals surface area contributed by atoms with Gasteiger partial charge in [0.15, 0.2) is 0 Å². The number of carbonyl (C=O) groups excluding carboxylic acids is 2. The number of carbonyl (C=O) groups is 2. The van der Waals surface area contributed by atoms with Crippen LogP contribution in [-0.4, -0.2) is 25.5 Å². The van der Waals surface area contributed by atoms with Crippen LogP contribution in [0.4, 0.5) is 10.5 Å². The molecule has 0 heterocycles. The van der Waals surface area contributed by atoms with Crippen molar-refractivity contribution in [3.05, 3.63) is 29.8 Å². The number of hydrogen-bond acceptors (Lipinski definition) is 3. The monoisotopic (exact) mass is 292 g/mol. The quantitative estimate of drug-likeness (QED) is 0.663. The van der Waals surface area contributed by atoms with Gasteiger partial charge in [0.1, 0.15) is 0 Å². The molecule has 0 aliphatic rings. The summed E-state index contributed by atoms with van der Waals surface area (Å²) in [5, 5.41) is 7.98. The Morgan fingerprint density at radius 1 is 1.24 bits per heavy atom. The minimum Gasteiger partial charge on any atom is -0.359 e. The van der Waals surface area contributed by atoms with Crippen molar-refractivity contribution in [2.45, 2.75) is 26.8 Å². The Kier molecular flexibility index (Phi) is 5.72.